The molecule has 1 aliphatic rings. The van der Waals surface area contributed by atoms with Gasteiger partial charge in [-0.05, 0) is 25.8 Å². The molecule has 108 valence electrons. The van der Waals surface area contributed by atoms with Crippen molar-refractivity contribution in [2.75, 3.05) is 6.54 Å². The van der Waals surface area contributed by atoms with Gasteiger partial charge in [-0.15, -0.1) is 0 Å². The van der Waals surface area contributed by atoms with E-state index < -0.39 is 11.7 Å². The summed E-state index contributed by atoms with van der Waals surface area (Å²) < 4.78 is 37.7. The van der Waals surface area contributed by atoms with E-state index in [1.54, 1.807) is 0 Å². The van der Waals surface area contributed by atoms with Crippen molar-refractivity contribution in [1.82, 2.24) is 5.32 Å². The molecule has 0 atom stereocenters. The van der Waals surface area contributed by atoms with Gasteiger partial charge in [0.1, 0.15) is 5.54 Å². The third-order valence-corrected chi connectivity index (χ3v) is 3.79. The van der Waals surface area contributed by atoms with Gasteiger partial charge in [0.15, 0.2) is 0 Å². The van der Waals surface area contributed by atoms with Crippen LogP contribution in [0.3, 0.4) is 0 Å². The number of hydrogen-bond acceptors (Lipinski definition) is 1. The van der Waals surface area contributed by atoms with Crippen molar-refractivity contribution in [3.8, 4) is 0 Å². The molecule has 1 fully saturated rings. The second-order valence-corrected chi connectivity index (χ2v) is 5.48. The van der Waals surface area contributed by atoms with Crippen LogP contribution in [0.4, 0.5) is 13.2 Å². The number of unbranched alkanes of at least 4 members (excludes halogenated alkanes) is 7. The highest BCUT2D eigenvalue weighted by Gasteiger charge is 2.62. The molecule has 0 radical (unpaired) electrons. The maximum Gasteiger partial charge on any atom is 0.406 e. The minimum absolute atomic E-state index is 0.257. The van der Waals surface area contributed by atoms with Crippen LogP contribution >= 0.6 is 0 Å². The average Bonchev–Trinajstić information content (AvgIpc) is 3.07. The van der Waals surface area contributed by atoms with Gasteiger partial charge in [-0.1, -0.05) is 51.9 Å². The zero-order valence-electron chi connectivity index (χ0n) is 11.4. The summed E-state index contributed by atoms with van der Waals surface area (Å²) in [7, 11) is 0. The van der Waals surface area contributed by atoms with Crippen LogP contribution in [0.2, 0.25) is 0 Å². The Morgan fingerprint density at radius 3 is 1.83 bits per heavy atom. The van der Waals surface area contributed by atoms with Crippen LogP contribution in [0, 0.1) is 0 Å². The van der Waals surface area contributed by atoms with Gasteiger partial charge in [0.05, 0.1) is 0 Å². The molecule has 1 rings (SSSR count). The normalized spacial score (nSPS) is 18.0. The van der Waals surface area contributed by atoms with Crippen LogP contribution in [-0.2, 0) is 0 Å². The average molecular weight is 265 g/mol. The van der Waals surface area contributed by atoms with Crippen LogP contribution in [-0.4, -0.2) is 18.3 Å². The number of halogens is 3. The van der Waals surface area contributed by atoms with E-state index in [9.17, 15) is 13.2 Å². The zero-order valence-corrected chi connectivity index (χ0v) is 11.4. The molecule has 4 heteroatoms. The first kappa shape index (κ1) is 15.8. The molecule has 0 aliphatic heterocycles. The minimum Gasteiger partial charge on any atom is -0.304 e. The van der Waals surface area contributed by atoms with Crippen LogP contribution in [0.15, 0.2) is 0 Å². The van der Waals surface area contributed by atoms with Crippen molar-refractivity contribution in [2.45, 2.75) is 82.8 Å². The van der Waals surface area contributed by atoms with Gasteiger partial charge in [0, 0.05) is 0 Å². The highest BCUT2D eigenvalue weighted by atomic mass is 19.4. The van der Waals surface area contributed by atoms with Crippen molar-refractivity contribution in [1.29, 1.82) is 0 Å². The van der Waals surface area contributed by atoms with Gasteiger partial charge in [-0.25, -0.2) is 0 Å². The predicted molar refractivity (Wildman–Crippen MR) is 68.6 cm³/mol. The van der Waals surface area contributed by atoms with Crippen LogP contribution in [0.5, 0.6) is 0 Å². The largest absolute Gasteiger partial charge is 0.406 e. The summed E-state index contributed by atoms with van der Waals surface area (Å²) in [4.78, 5) is 0. The zero-order chi connectivity index (χ0) is 13.5. The van der Waals surface area contributed by atoms with Crippen molar-refractivity contribution in [3.63, 3.8) is 0 Å². The molecule has 1 aliphatic carbocycles. The molecule has 0 saturated heterocycles. The fraction of sp³-hybridized carbons (Fsp3) is 1.00. The highest BCUT2D eigenvalue weighted by Crippen LogP contribution is 2.48. The Labute approximate surface area is 109 Å². The highest BCUT2D eigenvalue weighted by molar-refractivity contribution is 5.07. The summed E-state index contributed by atoms with van der Waals surface area (Å²) in [6, 6.07) is 0. The Hall–Kier alpha value is -0.250. The van der Waals surface area contributed by atoms with Crippen molar-refractivity contribution in [2.24, 2.45) is 0 Å². The lowest BCUT2D eigenvalue weighted by molar-refractivity contribution is -0.165. The first-order valence-corrected chi connectivity index (χ1v) is 7.33. The number of rotatable bonds is 10. The lowest BCUT2D eigenvalue weighted by Crippen LogP contribution is -2.45. The Balaban J connectivity index is 1.90. The summed E-state index contributed by atoms with van der Waals surface area (Å²) in [5.41, 5.74) is -1.52. The van der Waals surface area contributed by atoms with Gasteiger partial charge in [0.2, 0.25) is 0 Å². The molecule has 1 saturated carbocycles. The molecular formula is C14H26F3N. The Morgan fingerprint density at radius 2 is 1.39 bits per heavy atom. The Morgan fingerprint density at radius 1 is 0.889 bits per heavy atom. The van der Waals surface area contributed by atoms with Gasteiger partial charge in [-0.2, -0.15) is 13.2 Å². The third kappa shape index (κ3) is 5.17. The van der Waals surface area contributed by atoms with E-state index in [2.05, 4.69) is 12.2 Å². The summed E-state index contributed by atoms with van der Waals surface area (Å²) >= 11 is 0. The van der Waals surface area contributed by atoms with Gasteiger partial charge >= 0.3 is 6.18 Å². The van der Waals surface area contributed by atoms with E-state index >= 15 is 0 Å². The molecule has 0 amide bonds. The molecule has 18 heavy (non-hydrogen) atoms. The van der Waals surface area contributed by atoms with Gasteiger partial charge in [0.25, 0.3) is 0 Å². The number of hydrogen-bond donors (Lipinski definition) is 1. The lowest BCUT2D eigenvalue weighted by Gasteiger charge is -2.20. The SMILES string of the molecule is CCCCCCCCCCNC1(C(F)(F)F)CC1. The van der Waals surface area contributed by atoms with E-state index in [0.29, 0.717) is 6.54 Å². The molecule has 0 heterocycles. The first-order valence-electron chi connectivity index (χ1n) is 7.33. The first-order chi connectivity index (χ1) is 8.52. The molecule has 0 aromatic rings. The van der Waals surface area contributed by atoms with E-state index in [4.69, 9.17) is 0 Å². The molecule has 0 aromatic heterocycles. The summed E-state index contributed by atoms with van der Waals surface area (Å²) in [5, 5.41) is 2.70. The maximum absolute atomic E-state index is 12.6. The van der Waals surface area contributed by atoms with Crippen LogP contribution in [0.25, 0.3) is 0 Å². The van der Waals surface area contributed by atoms with E-state index in [-0.39, 0.29) is 12.8 Å². The van der Waals surface area contributed by atoms with E-state index in [1.165, 1.54) is 32.1 Å². The fourth-order valence-electron chi connectivity index (χ4n) is 2.27. The third-order valence-electron chi connectivity index (χ3n) is 3.79. The molecule has 0 spiro atoms. The maximum atomic E-state index is 12.6. The van der Waals surface area contributed by atoms with Crippen LogP contribution < -0.4 is 5.32 Å². The topological polar surface area (TPSA) is 12.0 Å². The molecule has 1 N–H and O–H groups in total. The standard InChI is InChI=1S/C14H26F3N/c1-2-3-4-5-6-7-8-9-12-18-13(10-11-13)14(15,16)17/h18H,2-12H2,1H3. The monoisotopic (exact) mass is 265 g/mol. The number of alkyl halides is 3. The van der Waals surface area contributed by atoms with Crippen molar-refractivity contribution in [3.05, 3.63) is 0 Å². The molecular weight excluding hydrogens is 239 g/mol. The number of nitrogens with one attached hydrogen (secondary N) is 1. The second-order valence-electron chi connectivity index (χ2n) is 5.48. The van der Waals surface area contributed by atoms with Crippen LogP contribution in [0.1, 0.15) is 71.1 Å². The quantitative estimate of drug-likeness (QED) is 0.559. The molecule has 1 nitrogen and oxygen atoms in total. The summed E-state index contributed by atoms with van der Waals surface area (Å²) in [5.74, 6) is 0. The molecule has 0 bridgehead atoms. The van der Waals surface area contributed by atoms with Crippen molar-refractivity contribution < 1.29 is 13.2 Å². The summed E-state index contributed by atoms with van der Waals surface area (Å²) in [6.45, 7) is 2.70. The Kier molecular flexibility index (Phi) is 6.47. The van der Waals surface area contributed by atoms with Crippen molar-refractivity contribution >= 4 is 0 Å². The smallest absolute Gasteiger partial charge is 0.304 e. The second kappa shape index (κ2) is 7.37. The van der Waals surface area contributed by atoms with E-state index in [1.807, 2.05) is 0 Å². The minimum atomic E-state index is -4.06. The predicted octanol–water partition coefficient (Wildman–Crippen LogP) is 4.81. The summed E-state index contributed by atoms with van der Waals surface area (Å²) in [6.07, 6.45) is 5.88. The van der Waals surface area contributed by atoms with Gasteiger partial charge < -0.3 is 5.32 Å². The Bertz CT molecular complexity index is 222. The lowest BCUT2D eigenvalue weighted by atomic mass is 10.1. The molecule has 0 aromatic carbocycles. The van der Waals surface area contributed by atoms with Gasteiger partial charge in [-0.3, -0.25) is 0 Å². The fourth-order valence-corrected chi connectivity index (χ4v) is 2.27. The van der Waals surface area contributed by atoms with E-state index in [0.717, 1.165) is 19.3 Å². The molecule has 0 unspecified atom stereocenters.